The Labute approximate surface area is 163 Å². The third-order valence-electron chi connectivity index (χ3n) is 4.21. The molecule has 0 amide bonds. The number of benzene rings is 1. The van der Waals surface area contributed by atoms with E-state index in [-0.39, 0.29) is 31.0 Å². The van der Waals surface area contributed by atoms with Crippen molar-refractivity contribution >= 4 is 28.2 Å². The molecule has 8 nitrogen and oxygen atoms in total. The van der Waals surface area contributed by atoms with Crippen LogP contribution in [0.3, 0.4) is 0 Å². The molecule has 4 aromatic rings. The van der Waals surface area contributed by atoms with Crippen LogP contribution in [0.2, 0.25) is 0 Å². The first kappa shape index (κ1) is 18.1. The minimum Gasteiger partial charge on any atom is -0.457 e. The molecule has 0 radical (unpaired) electrons. The van der Waals surface area contributed by atoms with E-state index in [2.05, 4.69) is 15.1 Å². The summed E-state index contributed by atoms with van der Waals surface area (Å²) in [6.07, 6.45) is 1.49. The molecular weight excluding hydrogens is 380 g/mol. The van der Waals surface area contributed by atoms with Crippen LogP contribution in [0.1, 0.15) is 17.8 Å². The van der Waals surface area contributed by atoms with Gasteiger partial charge in [-0.15, -0.1) is 0 Å². The quantitative estimate of drug-likeness (QED) is 0.462. The van der Waals surface area contributed by atoms with Gasteiger partial charge in [-0.25, -0.2) is 4.98 Å². The number of para-hydroxylation sites is 1. The Kier molecular flexibility index (Phi) is 4.98. The van der Waals surface area contributed by atoms with Crippen LogP contribution in [-0.2, 0) is 22.7 Å². The molecule has 3 heterocycles. The van der Waals surface area contributed by atoms with Gasteiger partial charge in [-0.05, 0) is 30.0 Å². The Morgan fingerprint density at radius 3 is 3.04 bits per heavy atom. The van der Waals surface area contributed by atoms with Crippen LogP contribution < -0.4 is 5.56 Å². The molecule has 0 saturated heterocycles. The van der Waals surface area contributed by atoms with Gasteiger partial charge < -0.3 is 9.26 Å². The summed E-state index contributed by atoms with van der Waals surface area (Å²) in [7, 11) is 0. The standard InChI is InChI=1S/C19H16N4O4S/c1-12-3-2-4-14-17(12)20-11-23(19(14)25)7-5-16(24)26-9-15-21-18(27-22-15)13-6-8-28-10-13/h2-4,6,8,10-11H,5,7,9H2,1H3. The number of rotatable bonds is 6. The summed E-state index contributed by atoms with van der Waals surface area (Å²) in [5.41, 5.74) is 2.25. The van der Waals surface area contributed by atoms with E-state index in [0.29, 0.717) is 16.8 Å². The lowest BCUT2D eigenvalue weighted by Gasteiger charge is -2.07. The Hall–Kier alpha value is -3.33. The van der Waals surface area contributed by atoms with Crippen LogP contribution >= 0.6 is 11.3 Å². The number of thiophene rings is 1. The molecule has 3 aromatic heterocycles. The number of aromatic nitrogens is 4. The number of fused-ring (bicyclic) bond motifs is 1. The van der Waals surface area contributed by atoms with Crippen molar-refractivity contribution < 1.29 is 14.1 Å². The maximum absolute atomic E-state index is 12.5. The predicted molar refractivity (Wildman–Crippen MR) is 103 cm³/mol. The first-order valence-corrected chi connectivity index (χ1v) is 9.51. The zero-order chi connectivity index (χ0) is 19.5. The van der Waals surface area contributed by atoms with E-state index in [1.165, 1.54) is 22.2 Å². The van der Waals surface area contributed by atoms with Crippen molar-refractivity contribution in [1.82, 2.24) is 19.7 Å². The first-order chi connectivity index (χ1) is 13.6. The van der Waals surface area contributed by atoms with E-state index < -0.39 is 5.97 Å². The molecule has 142 valence electrons. The number of carbonyl (C=O) groups excluding carboxylic acids is 1. The molecule has 4 rings (SSSR count). The highest BCUT2D eigenvalue weighted by Gasteiger charge is 2.12. The number of ether oxygens (including phenoxy) is 1. The monoisotopic (exact) mass is 396 g/mol. The SMILES string of the molecule is Cc1cccc2c(=O)n(CCC(=O)OCc3noc(-c4ccsc4)n3)cnc12. The molecule has 9 heteroatoms. The summed E-state index contributed by atoms with van der Waals surface area (Å²) in [6.45, 7) is 2.00. The molecule has 0 spiro atoms. The topological polar surface area (TPSA) is 100 Å². The molecule has 0 unspecified atom stereocenters. The molecule has 0 N–H and O–H groups in total. The summed E-state index contributed by atoms with van der Waals surface area (Å²) in [5, 5.41) is 8.12. The van der Waals surface area contributed by atoms with Gasteiger partial charge >= 0.3 is 5.97 Å². The van der Waals surface area contributed by atoms with Gasteiger partial charge in [0.1, 0.15) is 0 Å². The molecule has 28 heavy (non-hydrogen) atoms. The van der Waals surface area contributed by atoms with Crippen LogP contribution in [0.5, 0.6) is 0 Å². The van der Waals surface area contributed by atoms with Crippen molar-refractivity contribution in [2.75, 3.05) is 0 Å². The zero-order valence-electron chi connectivity index (χ0n) is 15.0. The molecule has 0 fully saturated rings. The van der Waals surface area contributed by atoms with Crippen molar-refractivity contribution in [2.45, 2.75) is 26.5 Å². The predicted octanol–water partition coefficient (Wildman–Crippen LogP) is 2.95. The number of carbonyl (C=O) groups is 1. The lowest BCUT2D eigenvalue weighted by Crippen LogP contribution is -2.22. The maximum Gasteiger partial charge on any atom is 0.308 e. The lowest BCUT2D eigenvalue weighted by molar-refractivity contribution is -0.145. The van der Waals surface area contributed by atoms with Crippen LogP contribution in [0, 0.1) is 6.92 Å². The van der Waals surface area contributed by atoms with E-state index in [9.17, 15) is 9.59 Å². The minimum atomic E-state index is -0.460. The summed E-state index contributed by atoms with van der Waals surface area (Å²) in [4.78, 5) is 33.0. The molecule has 0 aliphatic carbocycles. The van der Waals surface area contributed by atoms with Crippen molar-refractivity contribution in [2.24, 2.45) is 0 Å². The van der Waals surface area contributed by atoms with Crippen molar-refractivity contribution in [1.29, 1.82) is 0 Å². The third-order valence-corrected chi connectivity index (χ3v) is 4.89. The van der Waals surface area contributed by atoms with Gasteiger partial charge in [-0.3, -0.25) is 14.2 Å². The number of hydrogen-bond acceptors (Lipinski definition) is 8. The summed E-state index contributed by atoms with van der Waals surface area (Å²) >= 11 is 1.52. The van der Waals surface area contributed by atoms with Crippen LogP contribution in [-0.4, -0.2) is 25.7 Å². The maximum atomic E-state index is 12.5. The summed E-state index contributed by atoms with van der Waals surface area (Å²) in [5.74, 6) is 0.212. The highest BCUT2D eigenvalue weighted by Crippen LogP contribution is 2.20. The number of nitrogens with zero attached hydrogens (tertiary/aromatic N) is 4. The molecule has 0 atom stereocenters. The second-order valence-electron chi connectivity index (χ2n) is 6.15. The Morgan fingerprint density at radius 2 is 2.21 bits per heavy atom. The van der Waals surface area contributed by atoms with E-state index >= 15 is 0 Å². The molecule has 0 aliphatic rings. The van der Waals surface area contributed by atoms with Crippen LogP contribution in [0.15, 0.2) is 50.7 Å². The van der Waals surface area contributed by atoms with Gasteiger partial charge in [0.2, 0.25) is 5.82 Å². The normalized spacial score (nSPS) is 11.0. The van der Waals surface area contributed by atoms with E-state index in [1.807, 2.05) is 35.9 Å². The average Bonchev–Trinajstić information content (AvgIpc) is 3.38. The Balaban J connectivity index is 1.35. The number of esters is 1. The summed E-state index contributed by atoms with van der Waals surface area (Å²) in [6, 6.07) is 7.31. The van der Waals surface area contributed by atoms with Gasteiger partial charge in [0, 0.05) is 11.9 Å². The Bertz CT molecular complexity index is 1180. The summed E-state index contributed by atoms with van der Waals surface area (Å²) < 4.78 is 11.7. The zero-order valence-corrected chi connectivity index (χ0v) is 15.8. The largest absolute Gasteiger partial charge is 0.457 e. The molecule has 0 bridgehead atoms. The van der Waals surface area contributed by atoms with E-state index in [0.717, 1.165) is 11.1 Å². The van der Waals surface area contributed by atoms with Gasteiger partial charge in [0.05, 0.1) is 29.2 Å². The van der Waals surface area contributed by atoms with Gasteiger partial charge in [0.25, 0.3) is 11.4 Å². The van der Waals surface area contributed by atoms with Crippen molar-refractivity contribution in [3.8, 4) is 11.5 Å². The molecule has 1 aromatic carbocycles. The van der Waals surface area contributed by atoms with Gasteiger partial charge in [0.15, 0.2) is 6.61 Å². The molecular formula is C19H16N4O4S. The van der Waals surface area contributed by atoms with Gasteiger partial charge in [-0.1, -0.05) is 17.3 Å². The highest BCUT2D eigenvalue weighted by molar-refractivity contribution is 7.08. The van der Waals surface area contributed by atoms with E-state index in [1.54, 1.807) is 6.07 Å². The van der Waals surface area contributed by atoms with Crippen LogP contribution in [0.4, 0.5) is 0 Å². The number of hydrogen-bond donors (Lipinski definition) is 0. The fraction of sp³-hybridized carbons (Fsp3) is 0.211. The minimum absolute atomic E-state index is 0.0359. The third kappa shape index (κ3) is 3.70. The molecule has 0 saturated carbocycles. The first-order valence-electron chi connectivity index (χ1n) is 8.57. The van der Waals surface area contributed by atoms with Crippen molar-refractivity contribution in [3.05, 3.63) is 63.1 Å². The highest BCUT2D eigenvalue weighted by atomic mass is 32.1. The van der Waals surface area contributed by atoms with Gasteiger partial charge in [-0.2, -0.15) is 16.3 Å². The fourth-order valence-corrected chi connectivity index (χ4v) is 3.37. The lowest BCUT2D eigenvalue weighted by atomic mass is 10.1. The Morgan fingerprint density at radius 1 is 1.32 bits per heavy atom. The number of aryl methyl sites for hydroxylation is 2. The van der Waals surface area contributed by atoms with Crippen LogP contribution in [0.25, 0.3) is 22.4 Å². The smallest absolute Gasteiger partial charge is 0.308 e. The van der Waals surface area contributed by atoms with E-state index in [4.69, 9.17) is 9.26 Å². The average molecular weight is 396 g/mol. The van der Waals surface area contributed by atoms with Crippen molar-refractivity contribution in [3.63, 3.8) is 0 Å². The second kappa shape index (κ2) is 7.73. The second-order valence-corrected chi connectivity index (χ2v) is 6.93. The molecule has 0 aliphatic heterocycles. The fourth-order valence-electron chi connectivity index (χ4n) is 2.74.